The molecule has 5 heteroatoms. The van der Waals surface area contributed by atoms with Gasteiger partial charge in [-0.05, 0) is 37.0 Å². The maximum atomic E-state index is 11.6. The molecule has 1 atom stereocenters. The highest BCUT2D eigenvalue weighted by molar-refractivity contribution is 7.91. The number of hydrogen-bond donors (Lipinski definition) is 1. The predicted octanol–water partition coefficient (Wildman–Crippen LogP) is 2.14. The lowest BCUT2D eigenvalue weighted by Crippen LogP contribution is -2.25. The Balaban J connectivity index is 2.09. The summed E-state index contributed by atoms with van der Waals surface area (Å²) in [5, 5.41) is 2.91. The molecule has 4 nitrogen and oxygen atoms in total. The van der Waals surface area contributed by atoms with E-state index in [-0.39, 0.29) is 17.6 Å². The van der Waals surface area contributed by atoms with E-state index in [1.165, 1.54) is 0 Å². The molecule has 0 radical (unpaired) electrons. The minimum Gasteiger partial charge on any atom is -0.356 e. The standard InChI is InChI=1S/C14H27NO3S/c1-14(2,3)8-4-9-15-13(16)6-5-12-7-10-19(17,18)11-12/h12H,4-11H2,1-3H3,(H,15,16). The Morgan fingerprint density at radius 3 is 2.53 bits per heavy atom. The van der Waals surface area contributed by atoms with Crippen molar-refractivity contribution >= 4 is 15.7 Å². The lowest BCUT2D eigenvalue weighted by Gasteiger charge is -2.17. The van der Waals surface area contributed by atoms with Crippen molar-refractivity contribution in [3.63, 3.8) is 0 Å². The molecule has 112 valence electrons. The minimum absolute atomic E-state index is 0.0539. The molecule has 1 saturated heterocycles. The zero-order valence-corrected chi connectivity index (χ0v) is 13.2. The highest BCUT2D eigenvalue weighted by Crippen LogP contribution is 2.23. The Hall–Kier alpha value is -0.580. The van der Waals surface area contributed by atoms with E-state index in [4.69, 9.17) is 0 Å². The summed E-state index contributed by atoms with van der Waals surface area (Å²) >= 11 is 0. The van der Waals surface area contributed by atoms with Gasteiger partial charge in [0.1, 0.15) is 0 Å². The molecule has 0 aromatic carbocycles. The van der Waals surface area contributed by atoms with E-state index in [9.17, 15) is 13.2 Å². The molecule has 0 saturated carbocycles. The number of amides is 1. The van der Waals surface area contributed by atoms with E-state index in [1.54, 1.807) is 0 Å². The molecule has 0 bridgehead atoms. The Labute approximate surface area is 117 Å². The van der Waals surface area contributed by atoms with Gasteiger partial charge in [0.25, 0.3) is 0 Å². The van der Waals surface area contributed by atoms with Crippen molar-refractivity contribution < 1.29 is 13.2 Å². The van der Waals surface area contributed by atoms with E-state index >= 15 is 0 Å². The quantitative estimate of drug-likeness (QED) is 0.762. The molecule has 0 spiro atoms. The molecule has 1 amide bonds. The molecule has 0 aliphatic carbocycles. The van der Waals surface area contributed by atoms with Gasteiger partial charge in [-0.25, -0.2) is 8.42 Å². The first kappa shape index (κ1) is 16.5. The van der Waals surface area contributed by atoms with Crippen molar-refractivity contribution in [2.45, 2.75) is 52.9 Å². The first-order chi connectivity index (χ1) is 8.68. The van der Waals surface area contributed by atoms with Gasteiger partial charge in [-0.1, -0.05) is 20.8 Å². The van der Waals surface area contributed by atoms with Crippen molar-refractivity contribution in [3.05, 3.63) is 0 Å². The first-order valence-electron chi connectivity index (χ1n) is 7.15. The van der Waals surface area contributed by atoms with Gasteiger partial charge >= 0.3 is 0 Å². The van der Waals surface area contributed by atoms with Crippen LogP contribution in [0.3, 0.4) is 0 Å². The van der Waals surface area contributed by atoms with E-state index in [0.29, 0.717) is 24.0 Å². The van der Waals surface area contributed by atoms with Crippen LogP contribution in [0.4, 0.5) is 0 Å². The van der Waals surface area contributed by atoms with Crippen LogP contribution in [-0.4, -0.2) is 32.4 Å². The predicted molar refractivity (Wildman–Crippen MR) is 77.7 cm³/mol. The normalized spacial score (nSPS) is 22.4. The summed E-state index contributed by atoms with van der Waals surface area (Å²) in [4.78, 5) is 11.6. The Bertz CT molecular complexity index is 395. The topological polar surface area (TPSA) is 63.2 Å². The molecule has 1 N–H and O–H groups in total. The van der Waals surface area contributed by atoms with Crippen molar-refractivity contribution in [2.24, 2.45) is 11.3 Å². The number of rotatable bonds is 6. The third-order valence-electron chi connectivity index (χ3n) is 3.53. The molecule has 0 aromatic rings. The van der Waals surface area contributed by atoms with E-state index < -0.39 is 9.84 Å². The van der Waals surface area contributed by atoms with Crippen LogP contribution in [-0.2, 0) is 14.6 Å². The summed E-state index contributed by atoms with van der Waals surface area (Å²) in [6.07, 6.45) is 3.96. The van der Waals surface area contributed by atoms with Crippen LogP contribution in [0.15, 0.2) is 0 Å². The number of hydrogen-bond acceptors (Lipinski definition) is 3. The molecular weight excluding hydrogens is 262 g/mol. The highest BCUT2D eigenvalue weighted by atomic mass is 32.2. The van der Waals surface area contributed by atoms with Gasteiger partial charge < -0.3 is 5.32 Å². The maximum Gasteiger partial charge on any atom is 0.220 e. The van der Waals surface area contributed by atoms with Crippen LogP contribution in [0.25, 0.3) is 0 Å². The van der Waals surface area contributed by atoms with Gasteiger partial charge in [-0.2, -0.15) is 0 Å². The number of carbonyl (C=O) groups is 1. The van der Waals surface area contributed by atoms with Crippen LogP contribution >= 0.6 is 0 Å². The van der Waals surface area contributed by atoms with Gasteiger partial charge in [0.2, 0.25) is 5.91 Å². The Kier molecular flexibility index (Phi) is 5.83. The van der Waals surface area contributed by atoms with Crippen molar-refractivity contribution in [3.8, 4) is 0 Å². The molecule has 1 fully saturated rings. The second-order valence-electron chi connectivity index (χ2n) is 6.82. The molecule has 1 rings (SSSR count). The zero-order valence-electron chi connectivity index (χ0n) is 12.4. The fourth-order valence-corrected chi connectivity index (χ4v) is 4.28. The SMILES string of the molecule is CC(C)(C)CCCNC(=O)CCC1CCS(=O)(=O)C1. The Morgan fingerprint density at radius 2 is 2.00 bits per heavy atom. The largest absolute Gasteiger partial charge is 0.356 e. The third-order valence-corrected chi connectivity index (χ3v) is 5.37. The average molecular weight is 289 g/mol. The second kappa shape index (κ2) is 6.73. The molecular formula is C14H27NO3S. The highest BCUT2D eigenvalue weighted by Gasteiger charge is 2.27. The zero-order chi connectivity index (χ0) is 14.5. The van der Waals surface area contributed by atoms with Crippen molar-refractivity contribution in [1.82, 2.24) is 5.32 Å². The fourth-order valence-electron chi connectivity index (χ4n) is 2.37. The van der Waals surface area contributed by atoms with Crippen LogP contribution in [0, 0.1) is 11.3 Å². The van der Waals surface area contributed by atoms with Gasteiger partial charge in [-0.3, -0.25) is 4.79 Å². The lowest BCUT2D eigenvalue weighted by molar-refractivity contribution is -0.121. The Morgan fingerprint density at radius 1 is 1.32 bits per heavy atom. The molecule has 1 aliphatic heterocycles. The van der Waals surface area contributed by atoms with Gasteiger partial charge in [0.05, 0.1) is 11.5 Å². The number of sulfone groups is 1. The van der Waals surface area contributed by atoms with Gasteiger partial charge in [0.15, 0.2) is 9.84 Å². The molecule has 0 aromatic heterocycles. The summed E-state index contributed by atoms with van der Waals surface area (Å²) < 4.78 is 22.6. The maximum absolute atomic E-state index is 11.6. The second-order valence-corrected chi connectivity index (χ2v) is 9.05. The summed E-state index contributed by atoms with van der Waals surface area (Å²) in [7, 11) is -2.81. The van der Waals surface area contributed by atoms with Gasteiger partial charge in [-0.15, -0.1) is 0 Å². The molecule has 1 aliphatic rings. The lowest BCUT2D eigenvalue weighted by atomic mass is 9.91. The summed E-state index contributed by atoms with van der Waals surface area (Å²) in [6.45, 7) is 7.29. The van der Waals surface area contributed by atoms with Crippen LogP contribution in [0.1, 0.15) is 52.9 Å². The van der Waals surface area contributed by atoms with Crippen molar-refractivity contribution in [2.75, 3.05) is 18.1 Å². The van der Waals surface area contributed by atoms with Crippen LogP contribution in [0.5, 0.6) is 0 Å². The summed E-state index contributed by atoms with van der Waals surface area (Å²) in [5.74, 6) is 0.804. The summed E-state index contributed by atoms with van der Waals surface area (Å²) in [5.41, 5.74) is 0.308. The number of carbonyl (C=O) groups excluding carboxylic acids is 1. The first-order valence-corrected chi connectivity index (χ1v) is 8.97. The van der Waals surface area contributed by atoms with E-state index in [0.717, 1.165) is 25.8 Å². The van der Waals surface area contributed by atoms with E-state index in [1.807, 2.05) is 0 Å². The molecule has 1 unspecified atom stereocenters. The smallest absolute Gasteiger partial charge is 0.220 e. The fraction of sp³-hybridized carbons (Fsp3) is 0.929. The van der Waals surface area contributed by atoms with E-state index in [2.05, 4.69) is 26.1 Å². The van der Waals surface area contributed by atoms with Crippen LogP contribution < -0.4 is 5.32 Å². The minimum atomic E-state index is -2.81. The summed E-state index contributed by atoms with van der Waals surface area (Å²) in [6, 6.07) is 0. The van der Waals surface area contributed by atoms with Crippen LogP contribution in [0.2, 0.25) is 0 Å². The monoisotopic (exact) mass is 289 g/mol. The molecule has 19 heavy (non-hydrogen) atoms. The molecule has 1 heterocycles. The third kappa shape index (κ3) is 7.55. The van der Waals surface area contributed by atoms with Gasteiger partial charge in [0, 0.05) is 13.0 Å². The average Bonchev–Trinajstić information content (AvgIpc) is 2.60. The number of nitrogens with one attached hydrogen (secondary N) is 1. The van der Waals surface area contributed by atoms with Crippen molar-refractivity contribution in [1.29, 1.82) is 0 Å².